The number of nitro groups is 1. The number of benzene rings is 1. The van der Waals surface area contributed by atoms with Gasteiger partial charge in [-0.1, -0.05) is 24.6 Å². The second-order valence-electron chi connectivity index (χ2n) is 3.84. The van der Waals surface area contributed by atoms with Crippen LogP contribution >= 0.6 is 11.6 Å². The topological polar surface area (TPSA) is 96.0 Å². The highest BCUT2D eigenvalue weighted by Crippen LogP contribution is 2.27. The van der Waals surface area contributed by atoms with E-state index in [0.29, 0.717) is 6.42 Å². The van der Waals surface area contributed by atoms with Crippen LogP contribution in [0, 0.1) is 21.4 Å². The van der Waals surface area contributed by atoms with Crippen LogP contribution < -0.4 is 5.32 Å². The molecule has 0 aliphatic rings. The summed E-state index contributed by atoms with van der Waals surface area (Å²) in [5.41, 5.74) is -0.282. The second-order valence-corrected chi connectivity index (χ2v) is 4.21. The Morgan fingerprint density at radius 1 is 1.63 bits per heavy atom. The highest BCUT2D eigenvalue weighted by Gasteiger charge is 2.21. The summed E-state index contributed by atoms with van der Waals surface area (Å²) in [6.45, 7) is 1.83. The van der Waals surface area contributed by atoms with Gasteiger partial charge in [0.15, 0.2) is 0 Å². The first-order valence-electron chi connectivity index (χ1n) is 5.62. The molecule has 0 fully saturated rings. The molecule has 1 N–H and O–H groups in total. The van der Waals surface area contributed by atoms with Crippen LogP contribution in [0.5, 0.6) is 0 Å². The number of carbonyl (C=O) groups is 1. The summed E-state index contributed by atoms with van der Waals surface area (Å²) in [5, 5.41) is 21.8. The third-order valence-corrected chi connectivity index (χ3v) is 2.98. The normalized spacial score (nSPS) is 11.4. The van der Waals surface area contributed by atoms with Crippen molar-refractivity contribution < 1.29 is 9.72 Å². The minimum Gasteiger partial charge on any atom is -0.348 e. The molecule has 0 saturated heterocycles. The smallest absolute Gasteiger partial charge is 0.288 e. The number of hydrogen-bond donors (Lipinski definition) is 1. The predicted molar refractivity (Wildman–Crippen MR) is 69.9 cm³/mol. The third-order valence-electron chi connectivity index (χ3n) is 2.59. The molecule has 0 aliphatic carbocycles. The lowest BCUT2D eigenvalue weighted by Gasteiger charge is -2.14. The van der Waals surface area contributed by atoms with Crippen molar-refractivity contribution in [2.24, 2.45) is 0 Å². The number of nitriles is 1. The Morgan fingerprint density at radius 2 is 2.32 bits per heavy atom. The van der Waals surface area contributed by atoms with Gasteiger partial charge in [0.1, 0.15) is 5.02 Å². The van der Waals surface area contributed by atoms with E-state index < -0.39 is 10.8 Å². The summed E-state index contributed by atoms with van der Waals surface area (Å²) in [7, 11) is 0. The molecular weight excluding hydrogens is 270 g/mol. The molecule has 1 atom stereocenters. The van der Waals surface area contributed by atoms with E-state index in [4.69, 9.17) is 16.9 Å². The molecule has 0 bridgehead atoms. The molecule has 0 heterocycles. The monoisotopic (exact) mass is 281 g/mol. The summed E-state index contributed by atoms with van der Waals surface area (Å²) in [6.07, 6.45) is 0.765. The Balaban J connectivity index is 2.98. The number of carbonyl (C=O) groups excluding carboxylic acids is 1. The highest BCUT2D eigenvalue weighted by molar-refractivity contribution is 6.35. The van der Waals surface area contributed by atoms with Gasteiger partial charge in [-0.05, 0) is 12.5 Å². The predicted octanol–water partition coefficient (Wildman–Crippen LogP) is 2.67. The van der Waals surface area contributed by atoms with Crippen molar-refractivity contribution in [1.29, 1.82) is 5.26 Å². The Labute approximate surface area is 115 Å². The van der Waals surface area contributed by atoms with Gasteiger partial charge >= 0.3 is 0 Å². The minimum absolute atomic E-state index is 0.0345. The zero-order valence-electron chi connectivity index (χ0n) is 10.2. The van der Waals surface area contributed by atoms with Crippen LogP contribution in [-0.4, -0.2) is 16.9 Å². The van der Waals surface area contributed by atoms with Gasteiger partial charge in [-0.2, -0.15) is 5.26 Å². The van der Waals surface area contributed by atoms with Crippen LogP contribution in [0.4, 0.5) is 5.69 Å². The number of nitro benzene ring substituents is 1. The molecule has 100 valence electrons. The minimum atomic E-state index is -0.647. The molecule has 0 spiro atoms. The second kappa shape index (κ2) is 6.71. The number of hydrogen-bond acceptors (Lipinski definition) is 4. The Bertz CT molecular complexity index is 540. The van der Waals surface area contributed by atoms with Crippen molar-refractivity contribution in [3.63, 3.8) is 0 Å². The van der Waals surface area contributed by atoms with E-state index in [-0.39, 0.29) is 28.7 Å². The third kappa shape index (κ3) is 3.66. The molecule has 0 radical (unpaired) electrons. The maximum atomic E-state index is 12.0. The van der Waals surface area contributed by atoms with Crippen molar-refractivity contribution >= 4 is 23.2 Å². The molecule has 1 aromatic rings. The van der Waals surface area contributed by atoms with Crippen LogP contribution in [0.1, 0.15) is 30.1 Å². The van der Waals surface area contributed by atoms with E-state index in [1.165, 1.54) is 18.2 Å². The molecule has 1 amide bonds. The zero-order chi connectivity index (χ0) is 14.4. The summed E-state index contributed by atoms with van der Waals surface area (Å²) < 4.78 is 0. The average Bonchev–Trinajstić information content (AvgIpc) is 2.37. The van der Waals surface area contributed by atoms with Crippen LogP contribution in [0.2, 0.25) is 5.02 Å². The maximum Gasteiger partial charge on any atom is 0.288 e. The number of nitrogens with one attached hydrogen (secondary N) is 1. The van der Waals surface area contributed by atoms with E-state index in [1.54, 1.807) is 0 Å². The highest BCUT2D eigenvalue weighted by atomic mass is 35.5. The molecule has 1 rings (SSSR count). The fourth-order valence-corrected chi connectivity index (χ4v) is 1.79. The number of nitrogens with zero attached hydrogens (tertiary/aromatic N) is 2. The average molecular weight is 282 g/mol. The van der Waals surface area contributed by atoms with Crippen LogP contribution in [-0.2, 0) is 0 Å². The molecule has 0 aliphatic heterocycles. The first-order valence-corrected chi connectivity index (χ1v) is 5.99. The number of rotatable bonds is 5. The maximum absolute atomic E-state index is 12.0. The molecule has 6 nitrogen and oxygen atoms in total. The molecule has 0 aromatic heterocycles. The molecule has 7 heteroatoms. The molecule has 1 unspecified atom stereocenters. The largest absolute Gasteiger partial charge is 0.348 e. The standard InChI is InChI=1S/C12H12ClN3O3/c1-2-8(6-7-14)15-12(17)9-4-3-5-10(11(9)13)16(18)19/h3-5,8H,2,6H2,1H3,(H,15,17). The van der Waals surface area contributed by atoms with Crippen molar-refractivity contribution in [3.05, 3.63) is 38.9 Å². The quantitative estimate of drug-likeness (QED) is 0.663. The van der Waals surface area contributed by atoms with Crippen molar-refractivity contribution in [1.82, 2.24) is 5.32 Å². The van der Waals surface area contributed by atoms with Crippen LogP contribution in [0.25, 0.3) is 0 Å². The van der Waals surface area contributed by atoms with Gasteiger partial charge in [0, 0.05) is 12.1 Å². The van der Waals surface area contributed by atoms with E-state index in [2.05, 4.69) is 5.32 Å². The van der Waals surface area contributed by atoms with E-state index in [0.717, 1.165) is 0 Å². The lowest BCUT2D eigenvalue weighted by Crippen LogP contribution is -2.34. The van der Waals surface area contributed by atoms with Gasteiger partial charge in [-0.15, -0.1) is 0 Å². The molecule has 0 saturated carbocycles. The lowest BCUT2D eigenvalue weighted by atomic mass is 10.1. The zero-order valence-corrected chi connectivity index (χ0v) is 11.0. The van der Waals surface area contributed by atoms with Gasteiger partial charge in [-0.3, -0.25) is 14.9 Å². The molecule has 19 heavy (non-hydrogen) atoms. The summed E-state index contributed by atoms with van der Waals surface area (Å²) >= 11 is 5.83. The van der Waals surface area contributed by atoms with E-state index in [9.17, 15) is 14.9 Å². The Hall–Kier alpha value is -2.13. The van der Waals surface area contributed by atoms with Crippen LogP contribution in [0.15, 0.2) is 18.2 Å². The van der Waals surface area contributed by atoms with Gasteiger partial charge in [-0.25, -0.2) is 0 Å². The van der Waals surface area contributed by atoms with Gasteiger partial charge < -0.3 is 5.32 Å². The van der Waals surface area contributed by atoms with Gasteiger partial charge in [0.25, 0.3) is 11.6 Å². The SMILES string of the molecule is CCC(CC#N)NC(=O)c1cccc([N+](=O)[O-])c1Cl. The Kier molecular flexibility index (Phi) is 5.27. The fraction of sp³-hybridized carbons (Fsp3) is 0.333. The summed E-state index contributed by atoms with van der Waals surface area (Å²) in [4.78, 5) is 22.0. The summed E-state index contributed by atoms with van der Waals surface area (Å²) in [5.74, 6) is -0.518. The number of halogens is 1. The van der Waals surface area contributed by atoms with Crippen molar-refractivity contribution in [2.45, 2.75) is 25.8 Å². The van der Waals surface area contributed by atoms with Crippen LogP contribution in [0.3, 0.4) is 0 Å². The van der Waals surface area contributed by atoms with Crippen molar-refractivity contribution in [3.8, 4) is 6.07 Å². The molecule has 1 aromatic carbocycles. The summed E-state index contributed by atoms with van der Waals surface area (Å²) in [6, 6.07) is 5.69. The molecular formula is C12H12ClN3O3. The number of amides is 1. The van der Waals surface area contributed by atoms with Gasteiger partial charge in [0.05, 0.1) is 23.0 Å². The first-order chi connectivity index (χ1) is 9.01. The van der Waals surface area contributed by atoms with Crippen molar-refractivity contribution in [2.75, 3.05) is 0 Å². The van der Waals surface area contributed by atoms with E-state index >= 15 is 0 Å². The first kappa shape index (κ1) is 14.9. The van der Waals surface area contributed by atoms with Gasteiger partial charge in [0.2, 0.25) is 0 Å². The Morgan fingerprint density at radius 3 is 2.84 bits per heavy atom. The fourth-order valence-electron chi connectivity index (χ4n) is 1.51. The van der Waals surface area contributed by atoms with E-state index in [1.807, 2.05) is 13.0 Å². The lowest BCUT2D eigenvalue weighted by molar-refractivity contribution is -0.384.